The minimum atomic E-state index is -0.138. The minimum absolute atomic E-state index is 0.138. The first-order valence-electron chi connectivity index (χ1n) is 5.85. The summed E-state index contributed by atoms with van der Waals surface area (Å²) in [6, 6.07) is 0.359. The van der Waals surface area contributed by atoms with Crippen LogP contribution in [0.15, 0.2) is 0 Å². The molecule has 2 rings (SSSR count). The number of aliphatic hydroxyl groups excluding tert-OH is 1. The van der Waals surface area contributed by atoms with Crippen molar-refractivity contribution in [2.24, 2.45) is 5.92 Å². The number of rotatable bonds is 3. The van der Waals surface area contributed by atoms with Crippen LogP contribution < -0.4 is 5.32 Å². The maximum atomic E-state index is 10.00. The first-order valence-corrected chi connectivity index (χ1v) is 5.85. The topological polar surface area (TPSA) is 41.5 Å². The van der Waals surface area contributed by atoms with Gasteiger partial charge in [-0.15, -0.1) is 0 Å². The van der Waals surface area contributed by atoms with Gasteiger partial charge < -0.3 is 15.2 Å². The van der Waals surface area contributed by atoms with Crippen LogP contribution in [-0.4, -0.2) is 37.0 Å². The van der Waals surface area contributed by atoms with Gasteiger partial charge in [-0.25, -0.2) is 0 Å². The smallest absolute Gasteiger partial charge is 0.0695 e. The molecular weight excluding hydrogens is 178 g/mol. The Labute approximate surface area is 85.8 Å². The zero-order valence-electron chi connectivity index (χ0n) is 8.74. The van der Waals surface area contributed by atoms with Crippen molar-refractivity contribution >= 4 is 0 Å². The van der Waals surface area contributed by atoms with Gasteiger partial charge in [-0.1, -0.05) is 0 Å². The van der Waals surface area contributed by atoms with Gasteiger partial charge in [0.25, 0.3) is 0 Å². The summed E-state index contributed by atoms with van der Waals surface area (Å²) >= 11 is 0. The van der Waals surface area contributed by atoms with Crippen LogP contribution in [0, 0.1) is 5.92 Å². The van der Waals surface area contributed by atoms with E-state index < -0.39 is 0 Å². The molecule has 0 amide bonds. The van der Waals surface area contributed by atoms with Crippen LogP contribution in [-0.2, 0) is 4.74 Å². The van der Waals surface area contributed by atoms with Gasteiger partial charge in [-0.3, -0.25) is 0 Å². The Bertz CT molecular complexity index is 163. The fourth-order valence-electron chi connectivity index (χ4n) is 2.53. The van der Waals surface area contributed by atoms with Gasteiger partial charge in [0.1, 0.15) is 0 Å². The van der Waals surface area contributed by atoms with E-state index in [0.717, 1.165) is 45.4 Å². The molecule has 0 aromatic heterocycles. The van der Waals surface area contributed by atoms with Crippen molar-refractivity contribution in [2.75, 3.05) is 19.8 Å². The molecule has 0 aromatic rings. The third-order valence-electron chi connectivity index (χ3n) is 3.48. The van der Waals surface area contributed by atoms with Gasteiger partial charge in [0.05, 0.1) is 6.10 Å². The van der Waals surface area contributed by atoms with Crippen molar-refractivity contribution < 1.29 is 9.84 Å². The molecule has 2 fully saturated rings. The Hall–Kier alpha value is -0.120. The Balaban J connectivity index is 1.72. The van der Waals surface area contributed by atoms with E-state index in [0.29, 0.717) is 12.0 Å². The van der Waals surface area contributed by atoms with E-state index in [9.17, 15) is 5.11 Å². The fourth-order valence-corrected chi connectivity index (χ4v) is 2.53. The molecule has 0 aliphatic carbocycles. The van der Waals surface area contributed by atoms with Crippen molar-refractivity contribution in [3.63, 3.8) is 0 Å². The van der Waals surface area contributed by atoms with Crippen LogP contribution in [0.2, 0.25) is 0 Å². The summed E-state index contributed by atoms with van der Waals surface area (Å²) in [6.07, 6.45) is 5.44. The Kier molecular flexibility index (Phi) is 3.79. The zero-order valence-corrected chi connectivity index (χ0v) is 8.74. The van der Waals surface area contributed by atoms with Gasteiger partial charge >= 0.3 is 0 Å². The SMILES string of the molecule is OC(CC1CCOCC1)[C@@H]1CCCN1. The highest BCUT2D eigenvalue weighted by molar-refractivity contribution is 4.83. The fraction of sp³-hybridized carbons (Fsp3) is 1.00. The van der Waals surface area contributed by atoms with Crippen LogP contribution in [0.3, 0.4) is 0 Å². The van der Waals surface area contributed by atoms with Gasteiger partial charge in [-0.05, 0) is 44.6 Å². The summed E-state index contributed by atoms with van der Waals surface area (Å²) in [5, 5.41) is 13.4. The van der Waals surface area contributed by atoms with Gasteiger partial charge in [-0.2, -0.15) is 0 Å². The van der Waals surface area contributed by atoms with Crippen LogP contribution in [0.25, 0.3) is 0 Å². The molecule has 2 N–H and O–H groups in total. The van der Waals surface area contributed by atoms with Gasteiger partial charge in [0.2, 0.25) is 0 Å². The summed E-state index contributed by atoms with van der Waals surface area (Å²) in [5.41, 5.74) is 0. The lowest BCUT2D eigenvalue weighted by molar-refractivity contribution is 0.0362. The highest BCUT2D eigenvalue weighted by Crippen LogP contribution is 2.23. The molecule has 0 spiro atoms. The Morgan fingerprint density at radius 2 is 2.07 bits per heavy atom. The molecule has 3 heteroatoms. The molecule has 3 nitrogen and oxygen atoms in total. The average Bonchev–Trinajstić information content (AvgIpc) is 2.72. The molecule has 2 aliphatic rings. The van der Waals surface area contributed by atoms with E-state index in [2.05, 4.69) is 5.32 Å². The lowest BCUT2D eigenvalue weighted by Crippen LogP contribution is -2.36. The molecule has 2 heterocycles. The quantitative estimate of drug-likeness (QED) is 0.710. The van der Waals surface area contributed by atoms with E-state index in [1.807, 2.05) is 0 Å². The Morgan fingerprint density at radius 3 is 2.71 bits per heavy atom. The number of ether oxygens (including phenoxy) is 1. The normalized spacial score (nSPS) is 31.9. The predicted molar refractivity (Wildman–Crippen MR) is 55.2 cm³/mol. The third-order valence-corrected chi connectivity index (χ3v) is 3.48. The van der Waals surface area contributed by atoms with Crippen molar-refractivity contribution in [2.45, 2.75) is 44.2 Å². The third kappa shape index (κ3) is 2.69. The molecule has 0 radical (unpaired) electrons. The lowest BCUT2D eigenvalue weighted by atomic mass is 9.91. The Morgan fingerprint density at radius 1 is 1.29 bits per heavy atom. The molecule has 2 aliphatic heterocycles. The summed E-state index contributed by atoms with van der Waals surface area (Å²) in [6.45, 7) is 2.85. The number of aliphatic hydroxyl groups is 1. The molecule has 1 unspecified atom stereocenters. The second-order valence-corrected chi connectivity index (χ2v) is 4.56. The van der Waals surface area contributed by atoms with E-state index in [4.69, 9.17) is 4.74 Å². The highest BCUT2D eigenvalue weighted by atomic mass is 16.5. The minimum Gasteiger partial charge on any atom is -0.391 e. The zero-order chi connectivity index (χ0) is 9.80. The van der Waals surface area contributed by atoms with E-state index in [-0.39, 0.29) is 6.10 Å². The van der Waals surface area contributed by atoms with E-state index in [1.54, 1.807) is 0 Å². The highest BCUT2D eigenvalue weighted by Gasteiger charge is 2.26. The molecule has 0 aromatic carbocycles. The van der Waals surface area contributed by atoms with Crippen LogP contribution >= 0.6 is 0 Å². The maximum absolute atomic E-state index is 10.00. The van der Waals surface area contributed by atoms with Crippen molar-refractivity contribution in [3.8, 4) is 0 Å². The molecular formula is C11H21NO2. The molecule has 2 atom stereocenters. The monoisotopic (exact) mass is 199 g/mol. The standard InChI is InChI=1S/C11H21NO2/c13-11(10-2-1-5-12-10)8-9-3-6-14-7-4-9/h9-13H,1-8H2/t10-,11?/m0/s1. The van der Waals surface area contributed by atoms with Gasteiger partial charge in [0.15, 0.2) is 0 Å². The summed E-state index contributed by atoms with van der Waals surface area (Å²) in [7, 11) is 0. The second-order valence-electron chi connectivity index (χ2n) is 4.56. The van der Waals surface area contributed by atoms with Gasteiger partial charge in [0, 0.05) is 19.3 Å². The molecule has 14 heavy (non-hydrogen) atoms. The first kappa shape index (κ1) is 10.4. The first-order chi connectivity index (χ1) is 6.86. The average molecular weight is 199 g/mol. The second kappa shape index (κ2) is 5.10. The summed E-state index contributed by atoms with van der Waals surface area (Å²) in [4.78, 5) is 0. The number of hydrogen-bond acceptors (Lipinski definition) is 3. The van der Waals surface area contributed by atoms with Crippen LogP contribution in [0.5, 0.6) is 0 Å². The lowest BCUT2D eigenvalue weighted by Gasteiger charge is -2.26. The van der Waals surface area contributed by atoms with Crippen molar-refractivity contribution in [1.82, 2.24) is 5.32 Å². The van der Waals surface area contributed by atoms with Crippen molar-refractivity contribution in [1.29, 1.82) is 0 Å². The predicted octanol–water partition coefficient (Wildman–Crippen LogP) is 0.916. The molecule has 0 bridgehead atoms. The largest absolute Gasteiger partial charge is 0.391 e. The van der Waals surface area contributed by atoms with Crippen LogP contribution in [0.1, 0.15) is 32.1 Å². The molecule has 2 saturated heterocycles. The number of hydrogen-bond donors (Lipinski definition) is 2. The van der Waals surface area contributed by atoms with E-state index >= 15 is 0 Å². The summed E-state index contributed by atoms with van der Waals surface area (Å²) in [5.74, 6) is 0.682. The maximum Gasteiger partial charge on any atom is 0.0695 e. The molecule has 82 valence electrons. The number of nitrogens with one attached hydrogen (secondary N) is 1. The molecule has 0 saturated carbocycles. The summed E-state index contributed by atoms with van der Waals surface area (Å²) < 4.78 is 5.31. The van der Waals surface area contributed by atoms with E-state index in [1.165, 1.54) is 6.42 Å². The van der Waals surface area contributed by atoms with Crippen LogP contribution in [0.4, 0.5) is 0 Å². The van der Waals surface area contributed by atoms with Crippen molar-refractivity contribution in [3.05, 3.63) is 0 Å².